The van der Waals surface area contributed by atoms with Crippen LogP contribution in [0.4, 0.5) is 4.39 Å². The molecule has 0 radical (unpaired) electrons. The zero-order valence-electron chi connectivity index (χ0n) is 14.9. The first-order valence-electron chi connectivity index (χ1n) is 8.44. The summed E-state index contributed by atoms with van der Waals surface area (Å²) in [5, 5.41) is 0. The molecule has 0 saturated carbocycles. The molecule has 1 atom stereocenters. The minimum Gasteiger partial charge on any atom is -0.496 e. The fourth-order valence-corrected chi connectivity index (χ4v) is 3.54. The lowest BCUT2D eigenvalue weighted by molar-refractivity contribution is 0.243. The summed E-state index contributed by atoms with van der Waals surface area (Å²) < 4.78 is 29.9. The van der Waals surface area contributed by atoms with Crippen molar-refractivity contribution in [3.8, 4) is 17.2 Å². The summed E-state index contributed by atoms with van der Waals surface area (Å²) in [5.41, 5.74) is 2.06. The van der Waals surface area contributed by atoms with Crippen LogP contribution in [0.2, 0.25) is 0 Å². The predicted molar refractivity (Wildman–Crippen MR) is 94.9 cm³/mol. The van der Waals surface area contributed by atoms with Gasteiger partial charge in [0.1, 0.15) is 11.6 Å². The Morgan fingerprint density at radius 2 is 1.72 bits per heavy atom. The topological polar surface area (TPSA) is 30.9 Å². The van der Waals surface area contributed by atoms with Crippen molar-refractivity contribution in [2.45, 2.75) is 25.4 Å². The largest absolute Gasteiger partial charge is 0.496 e. The fourth-order valence-electron chi connectivity index (χ4n) is 3.54. The molecule has 25 heavy (non-hydrogen) atoms. The Morgan fingerprint density at radius 3 is 2.40 bits per heavy atom. The first-order chi connectivity index (χ1) is 12.2. The molecule has 1 aliphatic rings. The van der Waals surface area contributed by atoms with E-state index in [1.807, 2.05) is 18.2 Å². The van der Waals surface area contributed by atoms with Gasteiger partial charge in [-0.3, -0.25) is 4.90 Å². The van der Waals surface area contributed by atoms with Gasteiger partial charge in [0.05, 0.1) is 21.3 Å². The molecule has 1 fully saturated rings. The highest BCUT2D eigenvalue weighted by Gasteiger charge is 2.27. The van der Waals surface area contributed by atoms with Gasteiger partial charge in [0.25, 0.3) is 0 Å². The van der Waals surface area contributed by atoms with Gasteiger partial charge in [-0.25, -0.2) is 4.39 Å². The van der Waals surface area contributed by atoms with Gasteiger partial charge in [0.2, 0.25) is 0 Å². The molecule has 1 aliphatic heterocycles. The second-order valence-electron chi connectivity index (χ2n) is 6.20. The van der Waals surface area contributed by atoms with Crippen molar-refractivity contribution >= 4 is 0 Å². The number of hydrogen-bond donors (Lipinski definition) is 0. The first-order valence-corrected chi connectivity index (χ1v) is 8.44. The molecule has 0 aliphatic carbocycles. The van der Waals surface area contributed by atoms with Crippen LogP contribution in [0.15, 0.2) is 36.4 Å². The Balaban J connectivity index is 1.88. The Kier molecular flexibility index (Phi) is 5.43. The van der Waals surface area contributed by atoms with Crippen LogP contribution in [-0.2, 0) is 6.54 Å². The van der Waals surface area contributed by atoms with Crippen molar-refractivity contribution in [3.05, 3.63) is 53.3 Å². The standard InChI is InChI=1S/C20H24FNO3/c1-23-18-12-20(25-3)19(24-2)11-15(18)13-22-9-5-8-17(22)14-6-4-7-16(21)10-14/h4,6-7,10-12,17H,5,8-9,13H2,1-3H3. The third kappa shape index (κ3) is 3.71. The van der Waals surface area contributed by atoms with E-state index < -0.39 is 0 Å². The maximum Gasteiger partial charge on any atom is 0.164 e. The van der Waals surface area contributed by atoms with Gasteiger partial charge in [-0.15, -0.1) is 0 Å². The summed E-state index contributed by atoms with van der Waals surface area (Å²) in [7, 11) is 4.88. The molecule has 3 rings (SSSR count). The summed E-state index contributed by atoms with van der Waals surface area (Å²) in [4.78, 5) is 2.36. The molecule has 134 valence electrons. The lowest BCUT2D eigenvalue weighted by Gasteiger charge is -2.26. The summed E-state index contributed by atoms with van der Waals surface area (Å²) in [6.45, 7) is 1.68. The SMILES string of the molecule is COc1cc(OC)c(OC)cc1CN1CCCC1c1cccc(F)c1. The quantitative estimate of drug-likeness (QED) is 0.785. The smallest absolute Gasteiger partial charge is 0.164 e. The number of halogens is 1. The molecule has 1 saturated heterocycles. The van der Waals surface area contributed by atoms with E-state index in [0.717, 1.165) is 36.3 Å². The molecular weight excluding hydrogens is 321 g/mol. The number of rotatable bonds is 6. The molecular formula is C20H24FNO3. The monoisotopic (exact) mass is 345 g/mol. The maximum atomic E-state index is 13.6. The normalized spacial score (nSPS) is 17.5. The Labute approximate surface area is 148 Å². The highest BCUT2D eigenvalue weighted by atomic mass is 19.1. The highest BCUT2D eigenvalue weighted by molar-refractivity contribution is 5.50. The van der Waals surface area contributed by atoms with Crippen molar-refractivity contribution < 1.29 is 18.6 Å². The van der Waals surface area contributed by atoms with Gasteiger partial charge >= 0.3 is 0 Å². The number of benzene rings is 2. The lowest BCUT2D eigenvalue weighted by Crippen LogP contribution is -2.23. The van der Waals surface area contributed by atoms with Crippen LogP contribution in [0.25, 0.3) is 0 Å². The molecule has 0 amide bonds. The van der Waals surface area contributed by atoms with Crippen molar-refractivity contribution in [1.29, 1.82) is 0 Å². The summed E-state index contributed by atoms with van der Waals surface area (Å²) >= 11 is 0. The van der Waals surface area contributed by atoms with E-state index in [0.29, 0.717) is 18.0 Å². The average Bonchev–Trinajstić information content (AvgIpc) is 3.09. The molecule has 2 aromatic carbocycles. The van der Waals surface area contributed by atoms with E-state index in [-0.39, 0.29) is 11.9 Å². The van der Waals surface area contributed by atoms with Crippen LogP contribution in [0, 0.1) is 5.82 Å². The van der Waals surface area contributed by atoms with E-state index in [1.54, 1.807) is 33.5 Å². The van der Waals surface area contributed by atoms with Crippen LogP contribution >= 0.6 is 0 Å². The van der Waals surface area contributed by atoms with Gasteiger partial charge in [0.15, 0.2) is 11.5 Å². The molecule has 2 aromatic rings. The Morgan fingerprint density at radius 1 is 1.00 bits per heavy atom. The van der Waals surface area contributed by atoms with Crippen molar-refractivity contribution in [2.24, 2.45) is 0 Å². The second-order valence-corrected chi connectivity index (χ2v) is 6.20. The van der Waals surface area contributed by atoms with Gasteiger partial charge in [-0.1, -0.05) is 12.1 Å². The van der Waals surface area contributed by atoms with Gasteiger partial charge in [-0.05, 0) is 43.1 Å². The summed E-state index contributed by atoms with van der Waals surface area (Å²) in [5.74, 6) is 1.90. The number of likely N-dealkylation sites (tertiary alicyclic amines) is 1. The third-order valence-corrected chi connectivity index (χ3v) is 4.76. The number of hydrogen-bond acceptors (Lipinski definition) is 4. The fraction of sp³-hybridized carbons (Fsp3) is 0.400. The molecule has 5 heteroatoms. The number of ether oxygens (including phenoxy) is 3. The second kappa shape index (κ2) is 7.74. The van der Waals surface area contributed by atoms with Gasteiger partial charge in [-0.2, -0.15) is 0 Å². The first kappa shape index (κ1) is 17.5. The zero-order chi connectivity index (χ0) is 17.8. The van der Waals surface area contributed by atoms with Crippen molar-refractivity contribution in [2.75, 3.05) is 27.9 Å². The van der Waals surface area contributed by atoms with Crippen LogP contribution in [-0.4, -0.2) is 32.8 Å². The minimum atomic E-state index is -0.187. The zero-order valence-corrected chi connectivity index (χ0v) is 14.9. The summed E-state index contributed by atoms with van der Waals surface area (Å²) in [6, 6.07) is 10.9. The maximum absolute atomic E-state index is 13.6. The van der Waals surface area contributed by atoms with E-state index in [9.17, 15) is 4.39 Å². The van der Waals surface area contributed by atoms with Crippen LogP contribution < -0.4 is 14.2 Å². The molecule has 4 nitrogen and oxygen atoms in total. The van der Waals surface area contributed by atoms with E-state index >= 15 is 0 Å². The average molecular weight is 345 g/mol. The Bertz CT molecular complexity index is 735. The molecule has 0 N–H and O–H groups in total. The molecule has 0 aromatic heterocycles. The molecule has 0 spiro atoms. The molecule has 1 unspecified atom stereocenters. The highest BCUT2D eigenvalue weighted by Crippen LogP contribution is 2.38. The molecule has 1 heterocycles. The van der Waals surface area contributed by atoms with E-state index in [1.165, 1.54) is 6.07 Å². The summed E-state index contributed by atoms with van der Waals surface area (Å²) in [6.07, 6.45) is 2.12. The Hall–Kier alpha value is -2.27. The van der Waals surface area contributed by atoms with Gasteiger partial charge in [0, 0.05) is 24.2 Å². The number of nitrogens with zero attached hydrogens (tertiary/aromatic N) is 1. The van der Waals surface area contributed by atoms with Crippen molar-refractivity contribution in [3.63, 3.8) is 0 Å². The van der Waals surface area contributed by atoms with E-state index in [4.69, 9.17) is 14.2 Å². The van der Waals surface area contributed by atoms with Gasteiger partial charge < -0.3 is 14.2 Å². The van der Waals surface area contributed by atoms with Crippen LogP contribution in [0.1, 0.15) is 30.0 Å². The van der Waals surface area contributed by atoms with Crippen molar-refractivity contribution in [1.82, 2.24) is 4.90 Å². The third-order valence-electron chi connectivity index (χ3n) is 4.76. The van der Waals surface area contributed by atoms with Crippen LogP contribution in [0.5, 0.6) is 17.2 Å². The molecule has 0 bridgehead atoms. The van der Waals surface area contributed by atoms with E-state index in [2.05, 4.69) is 4.90 Å². The lowest BCUT2D eigenvalue weighted by atomic mass is 10.0. The number of methoxy groups -OCH3 is 3. The minimum absolute atomic E-state index is 0.187. The predicted octanol–water partition coefficient (Wildman–Crippen LogP) is 4.19. The van der Waals surface area contributed by atoms with Crippen LogP contribution in [0.3, 0.4) is 0 Å².